The monoisotopic (exact) mass is 317 g/mol. The van der Waals surface area contributed by atoms with Crippen LogP contribution in [0, 0.1) is 11.6 Å². The standard InChI is InChI=1S/C14H17F2N3O.ClH/c1-9(17-2)8-12-18-13(20-19-12)7-6-10-4-3-5-11(15)14(10)16;/h3-5,9,17H,6-8H2,1-2H3;1H. The molecule has 0 saturated heterocycles. The van der Waals surface area contributed by atoms with Gasteiger partial charge in [0.1, 0.15) is 0 Å². The van der Waals surface area contributed by atoms with Crippen LogP contribution in [0.5, 0.6) is 0 Å². The lowest BCUT2D eigenvalue weighted by Crippen LogP contribution is -2.24. The lowest BCUT2D eigenvalue weighted by molar-refractivity contribution is 0.370. The Morgan fingerprint density at radius 2 is 2.05 bits per heavy atom. The van der Waals surface area contributed by atoms with Crippen molar-refractivity contribution in [3.63, 3.8) is 0 Å². The first-order chi connectivity index (χ1) is 9.60. The van der Waals surface area contributed by atoms with Gasteiger partial charge in [-0.2, -0.15) is 4.98 Å². The van der Waals surface area contributed by atoms with Crippen LogP contribution in [0.3, 0.4) is 0 Å². The molecule has 0 amide bonds. The molecule has 7 heteroatoms. The van der Waals surface area contributed by atoms with Crippen molar-refractivity contribution in [2.75, 3.05) is 7.05 Å². The van der Waals surface area contributed by atoms with Crippen LogP contribution in [0.4, 0.5) is 8.78 Å². The third-order valence-electron chi connectivity index (χ3n) is 3.13. The van der Waals surface area contributed by atoms with Gasteiger partial charge in [-0.3, -0.25) is 0 Å². The fourth-order valence-corrected chi connectivity index (χ4v) is 1.83. The second kappa shape index (κ2) is 8.05. The Bertz CT molecular complexity index is 577. The summed E-state index contributed by atoms with van der Waals surface area (Å²) in [5, 5.41) is 6.94. The van der Waals surface area contributed by atoms with Crippen LogP contribution >= 0.6 is 12.4 Å². The number of aryl methyl sites for hydroxylation is 2. The van der Waals surface area contributed by atoms with Gasteiger partial charge in [-0.25, -0.2) is 8.78 Å². The van der Waals surface area contributed by atoms with E-state index in [0.717, 1.165) is 6.07 Å². The molecule has 0 saturated carbocycles. The van der Waals surface area contributed by atoms with Gasteiger partial charge in [-0.05, 0) is 32.0 Å². The summed E-state index contributed by atoms with van der Waals surface area (Å²) in [5.41, 5.74) is 0.313. The highest BCUT2D eigenvalue weighted by atomic mass is 35.5. The molecule has 2 aromatic rings. The van der Waals surface area contributed by atoms with Gasteiger partial charge in [-0.1, -0.05) is 17.3 Å². The maximum Gasteiger partial charge on any atom is 0.226 e. The van der Waals surface area contributed by atoms with Crippen LogP contribution in [-0.2, 0) is 19.3 Å². The zero-order valence-electron chi connectivity index (χ0n) is 11.9. The molecule has 0 bridgehead atoms. The van der Waals surface area contributed by atoms with E-state index >= 15 is 0 Å². The molecule has 1 unspecified atom stereocenters. The fourth-order valence-electron chi connectivity index (χ4n) is 1.83. The summed E-state index contributed by atoms with van der Waals surface area (Å²) < 4.78 is 31.6. The molecule has 4 nitrogen and oxygen atoms in total. The Balaban J connectivity index is 0.00000220. The summed E-state index contributed by atoms with van der Waals surface area (Å²) in [5.74, 6) is -0.596. The number of nitrogens with one attached hydrogen (secondary N) is 1. The number of likely N-dealkylation sites (N-methyl/N-ethyl adjacent to an activating group) is 1. The second-order valence-corrected chi connectivity index (χ2v) is 4.71. The molecule has 0 spiro atoms. The van der Waals surface area contributed by atoms with E-state index in [0.29, 0.717) is 36.5 Å². The summed E-state index contributed by atoms with van der Waals surface area (Å²) >= 11 is 0. The normalized spacial score (nSPS) is 12.0. The van der Waals surface area contributed by atoms with Gasteiger partial charge >= 0.3 is 0 Å². The largest absolute Gasteiger partial charge is 0.339 e. The molecule has 1 N–H and O–H groups in total. The average Bonchev–Trinajstić information content (AvgIpc) is 2.88. The molecule has 1 atom stereocenters. The highest BCUT2D eigenvalue weighted by Crippen LogP contribution is 2.14. The van der Waals surface area contributed by atoms with Gasteiger partial charge in [0.25, 0.3) is 0 Å². The number of hydrogen-bond acceptors (Lipinski definition) is 4. The van der Waals surface area contributed by atoms with Gasteiger partial charge in [0.2, 0.25) is 5.89 Å². The predicted octanol–water partition coefficient (Wildman–Crippen LogP) is 2.71. The van der Waals surface area contributed by atoms with Gasteiger partial charge in [-0.15, -0.1) is 12.4 Å². The highest BCUT2D eigenvalue weighted by molar-refractivity contribution is 5.85. The first-order valence-corrected chi connectivity index (χ1v) is 6.51. The molecule has 116 valence electrons. The number of nitrogens with zero attached hydrogens (tertiary/aromatic N) is 2. The number of halogens is 3. The second-order valence-electron chi connectivity index (χ2n) is 4.71. The van der Waals surface area contributed by atoms with E-state index in [4.69, 9.17) is 4.52 Å². The molecule has 21 heavy (non-hydrogen) atoms. The molecule has 0 radical (unpaired) electrons. The quantitative estimate of drug-likeness (QED) is 0.890. The molecular formula is C14H18ClF2N3O. The molecule has 0 aliphatic rings. The summed E-state index contributed by atoms with van der Waals surface area (Å²) in [7, 11) is 1.86. The molecular weight excluding hydrogens is 300 g/mol. The maximum absolute atomic E-state index is 13.5. The number of rotatable bonds is 6. The minimum Gasteiger partial charge on any atom is -0.339 e. The van der Waals surface area contributed by atoms with Crippen molar-refractivity contribution >= 4 is 12.4 Å². The van der Waals surface area contributed by atoms with E-state index in [2.05, 4.69) is 15.5 Å². The first kappa shape index (κ1) is 17.5. The lowest BCUT2D eigenvalue weighted by Gasteiger charge is -2.04. The average molecular weight is 318 g/mol. The van der Waals surface area contributed by atoms with Crippen molar-refractivity contribution < 1.29 is 13.3 Å². The van der Waals surface area contributed by atoms with E-state index in [1.807, 2.05) is 14.0 Å². The van der Waals surface area contributed by atoms with Crippen LogP contribution < -0.4 is 5.32 Å². The van der Waals surface area contributed by atoms with Gasteiger partial charge in [0, 0.05) is 18.9 Å². The molecule has 0 fully saturated rings. The maximum atomic E-state index is 13.5. The van der Waals surface area contributed by atoms with Crippen molar-refractivity contribution in [2.45, 2.75) is 32.2 Å². The third-order valence-corrected chi connectivity index (χ3v) is 3.13. The van der Waals surface area contributed by atoms with Crippen LogP contribution in [0.15, 0.2) is 22.7 Å². The Kier molecular flexibility index (Phi) is 6.71. The van der Waals surface area contributed by atoms with Crippen molar-refractivity contribution in [3.05, 3.63) is 47.1 Å². The zero-order valence-corrected chi connectivity index (χ0v) is 12.7. The number of benzene rings is 1. The van der Waals surface area contributed by atoms with Crippen LogP contribution in [0.2, 0.25) is 0 Å². The van der Waals surface area contributed by atoms with Crippen molar-refractivity contribution in [2.24, 2.45) is 0 Å². The minimum absolute atomic E-state index is 0. The summed E-state index contributed by atoms with van der Waals surface area (Å²) in [6, 6.07) is 4.39. The van der Waals surface area contributed by atoms with Crippen molar-refractivity contribution in [3.8, 4) is 0 Å². The molecule has 1 aromatic heterocycles. The molecule has 0 aliphatic carbocycles. The Morgan fingerprint density at radius 1 is 1.29 bits per heavy atom. The Morgan fingerprint density at radius 3 is 2.76 bits per heavy atom. The lowest BCUT2D eigenvalue weighted by atomic mass is 10.1. The van der Waals surface area contributed by atoms with E-state index < -0.39 is 11.6 Å². The number of hydrogen-bond donors (Lipinski definition) is 1. The van der Waals surface area contributed by atoms with E-state index in [-0.39, 0.29) is 18.4 Å². The number of aromatic nitrogens is 2. The van der Waals surface area contributed by atoms with Crippen molar-refractivity contribution in [1.29, 1.82) is 0 Å². The topological polar surface area (TPSA) is 51.0 Å². The van der Waals surface area contributed by atoms with E-state index in [1.165, 1.54) is 6.07 Å². The zero-order chi connectivity index (χ0) is 14.5. The van der Waals surface area contributed by atoms with Gasteiger partial charge < -0.3 is 9.84 Å². The van der Waals surface area contributed by atoms with Crippen LogP contribution in [0.25, 0.3) is 0 Å². The third kappa shape index (κ3) is 4.75. The van der Waals surface area contributed by atoms with Crippen LogP contribution in [-0.4, -0.2) is 23.2 Å². The SMILES string of the molecule is CNC(C)Cc1noc(CCc2cccc(F)c2F)n1.Cl. The minimum atomic E-state index is -0.837. The van der Waals surface area contributed by atoms with Crippen molar-refractivity contribution in [1.82, 2.24) is 15.5 Å². The molecule has 1 heterocycles. The smallest absolute Gasteiger partial charge is 0.226 e. The summed E-state index contributed by atoms with van der Waals surface area (Å²) in [4.78, 5) is 4.23. The predicted molar refractivity (Wildman–Crippen MR) is 77.5 cm³/mol. The first-order valence-electron chi connectivity index (χ1n) is 6.51. The summed E-state index contributed by atoms with van der Waals surface area (Å²) in [6.07, 6.45) is 1.38. The van der Waals surface area contributed by atoms with Gasteiger partial charge in [0.15, 0.2) is 17.5 Å². The molecule has 2 rings (SSSR count). The highest BCUT2D eigenvalue weighted by Gasteiger charge is 2.12. The molecule has 0 aliphatic heterocycles. The molecule has 1 aromatic carbocycles. The van der Waals surface area contributed by atoms with E-state index in [9.17, 15) is 8.78 Å². The van der Waals surface area contributed by atoms with Crippen LogP contribution in [0.1, 0.15) is 24.2 Å². The van der Waals surface area contributed by atoms with Gasteiger partial charge in [0.05, 0.1) is 0 Å². The fraction of sp³-hybridized carbons (Fsp3) is 0.429. The Hall–Kier alpha value is -1.53. The summed E-state index contributed by atoms with van der Waals surface area (Å²) in [6.45, 7) is 2.01. The van der Waals surface area contributed by atoms with E-state index in [1.54, 1.807) is 6.07 Å². The Labute approximate surface area is 128 Å².